The van der Waals surface area contributed by atoms with Crippen molar-refractivity contribution in [2.75, 3.05) is 7.11 Å². The monoisotopic (exact) mass is 186 g/mol. The van der Waals surface area contributed by atoms with Gasteiger partial charge in [-0.1, -0.05) is 0 Å². The lowest BCUT2D eigenvalue weighted by atomic mass is 10.1. The molecule has 72 valence electrons. The van der Waals surface area contributed by atoms with Crippen LogP contribution in [0.25, 0.3) is 0 Å². The Labute approximate surface area is 74.6 Å². The predicted octanol–water partition coefficient (Wildman–Crippen LogP) is -0.852. The second-order valence-electron chi connectivity index (χ2n) is 2.63. The molecule has 3 amide bonds. The second kappa shape index (κ2) is 3.88. The summed E-state index contributed by atoms with van der Waals surface area (Å²) in [5.74, 6) is -0.789. The Kier molecular flexibility index (Phi) is 2.84. The number of rotatable bonds is 3. The molecule has 0 radical (unpaired) electrons. The van der Waals surface area contributed by atoms with Crippen molar-refractivity contribution in [1.29, 1.82) is 0 Å². The summed E-state index contributed by atoms with van der Waals surface area (Å²) >= 11 is 0. The molecule has 0 aromatic rings. The van der Waals surface area contributed by atoms with E-state index in [0.717, 1.165) is 0 Å². The summed E-state index contributed by atoms with van der Waals surface area (Å²) in [6, 6.07) is -1.12. The molecule has 1 heterocycles. The highest BCUT2D eigenvalue weighted by atomic mass is 16.5. The lowest BCUT2D eigenvalue weighted by molar-refractivity contribution is -0.140. The minimum Gasteiger partial charge on any atom is -0.469 e. The van der Waals surface area contributed by atoms with Crippen LogP contribution in [0.1, 0.15) is 12.8 Å². The summed E-state index contributed by atoms with van der Waals surface area (Å²) in [5.41, 5.74) is 0. The average Bonchev–Trinajstić information content (AvgIpc) is 2.41. The first-order valence-electron chi connectivity index (χ1n) is 3.81. The molecule has 1 saturated heterocycles. The van der Waals surface area contributed by atoms with Crippen LogP contribution in [0.2, 0.25) is 0 Å². The van der Waals surface area contributed by atoms with E-state index in [1.807, 2.05) is 0 Å². The molecule has 6 heteroatoms. The highest BCUT2D eigenvalue weighted by molar-refractivity contribution is 6.04. The number of hydrogen-bond acceptors (Lipinski definition) is 4. The van der Waals surface area contributed by atoms with Crippen LogP contribution in [0.5, 0.6) is 0 Å². The van der Waals surface area contributed by atoms with Gasteiger partial charge in [-0.25, -0.2) is 4.79 Å². The van der Waals surface area contributed by atoms with Gasteiger partial charge in [-0.05, 0) is 6.42 Å². The smallest absolute Gasteiger partial charge is 0.322 e. The van der Waals surface area contributed by atoms with E-state index in [1.54, 1.807) is 0 Å². The number of urea groups is 1. The zero-order valence-corrected chi connectivity index (χ0v) is 7.12. The normalized spacial score (nSPS) is 20.8. The minimum absolute atomic E-state index is 0.120. The quantitative estimate of drug-likeness (QED) is 0.444. The standard InChI is InChI=1S/C7H10N2O4/c1-13-5(10)3-2-4-6(11)9-7(12)8-4/h4H,2-3H2,1H3,(H2,8,9,11,12). The van der Waals surface area contributed by atoms with Crippen LogP contribution in [-0.4, -0.2) is 31.1 Å². The van der Waals surface area contributed by atoms with Gasteiger partial charge in [0, 0.05) is 6.42 Å². The fourth-order valence-corrected chi connectivity index (χ4v) is 1.03. The van der Waals surface area contributed by atoms with E-state index < -0.39 is 23.9 Å². The molecule has 0 bridgehead atoms. The van der Waals surface area contributed by atoms with E-state index in [1.165, 1.54) is 7.11 Å². The van der Waals surface area contributed by atoms with Gasteiger partial charge in [0.2, 0.25) is 0 Å². The van der Waals surface area contributed by atoms with Gasteiger partial charge < -0.3 is 10.1 Å². The van der Waals surface area contributed by atoms with E-state index in [2.05, 4.69) is 15.4 Å². The van der Waals surface area contributed by atoms with Gasteiger partial charge in [0.25, 0.3) is 5.91 Å². The molecule has 0 aromatic heterocycles. The molecule has 1 rings (SSSR count). The number of esters is 1. The van der Waals surface area contributed by atoms with Crippen molar-refractivity contribution in [1.82, 2.24) is 10.6 Å². The highest BCUT2D eigenvalue weighted by Crippen LogP contribution is 2.02. The molecule has 1 aliphatic rings. The van der Waals surface area contributed by atoms with Gasteiger partial charge in [0.15, 0.2) is 0 Å². The maximum atomic E-state index is 10.9. The molecule has 0 aliphatic carbocycles. The third-order valence-electron chi connectivity index (χ3n) is 1.72. The summed E-state index contributed by atoms with van der Waals surface area (Å²) in [5, 5.41) is 4.44. The van der Waals surface area contributed by atoms with Gasteiger partial charge in [-0.2, -0.15) is 0 Å². The fraction of sp³-hybridized carbons (Fsp3) is 0.571. The van der Waals surface area contributed by atoms with Crippen molar-refractivity contribution in [3.63, 3.8) is 0 Å². The number of carbonyl (C=O) groups is 3. The molecule has 1 atom stereocenters. The zero-order chi connectivity index (χ0) is 9.84. The Morgan fingerprint density at radius 3 is 2.69 bits per heavy atom. The van der Waals surface area contributed by atoms with Crippen LogP contribution in [0.4, 0.5) is 4.79 Å². The van der Waals surface area contributed by atoms with Crippen LogP contribution >= 0.6 is 0 Å². The Morgan fingerprint density at radius 2 is 2.23 bits per heavy atom. The SMILES string of the molecule is COC(=O)CCC1NC(=O)NC1=O. The minimum atomic E-state index is -0.605. The van der Waals surface area contributed by atoms with Gasteiger partial charge in [0.1, 0.15) is 6.04 Å². The summed E-state index contributed by atoms with van der Waals surface area (Å²) in [7, 11) is 1.27. The fourth-order valence-electron chi connectivity index (χ4n) is 1.03. The lowest BCUT2D eigenvalue weighted by Crippen LogP contribution is -2.29. The van der Waals surface area contributed by atoms with Gasteiger partial charge in [-0.15, -0.1) is 0 Å². The number of ether oxygens (including phenoxy) is 1. The Morgan fingerprint density at radius 1 is 1.54 bits per heavy atom. The highest BCUT2D eigenvalue weighted by Gasteiger charge is 2.29. The molecule has 0 spiro atoms. The van der Waals surface area contributed by atoms with Crippen molar-refractivity contribution in [2.24, 2.45) is 0 Å². The molecule has 13 heavy (non-hydrogen) atoms. The molecule has 6 nitrogen and oxygen atoms in total. The van der Waals surface area contributed by atoms with Crippen molar-refractivity contribution in [3.05, 3.63) is 0 Å². The Balaban J connectivity index is 2.33. The molecule has 1 fully saturated rings. The van der Waals surface area contributed by atoms with E-state index in [4.69, 9.17) is 0 Å². The zero-order valence-electron chi connectivity index (χ0n) is 7.12. The van der Waals surface area contributed by atoms with Crippen LogP contribution in [0, 0.1) is 0 Å². The van der Waals surface area contributed by atoms with Gasteiger partial charge in [0.05, 0.1) is 7.11 Å². The van der Waals surface area contributed by atoms with E-state index in [-0.39, 0.29) is 12.8 Å². The average molecular weight is 186 g/mol. The Hall–Kier alpha value is -1.59. The summed E-state index contributed by atoms with van der Waals surface area (Å²) in [4.78, 5) is 32.2. The molecular formula is C7H10N2O4. The van der Waals surface area contributed by atoms with E-state index in [0.29, 0.717) is 0 Å². The second-order valence-corrected chi connectivity index (χ2v) is 2.63. The largest absolute Gasteiger partial charge is 0.469 e. The molecular weight excluding hydrogens is 176 g/mol. The first kappa shape index (κ1) is 9.50. The van der Waals surface area contributed by atoms with Crippen LogP contribution < -0.4 is 10.6 Å². The van der Waals surface area contributed by atoms with Gasteiger partial charge in [-0.3, -0.25) is 14.9 Å². The number of nitrogens with one attached hydrogen (secondary N) is 2. The molecule has 2 N–H and O–H groups in total. The number of methoxy groups -OCH3 is 1. The number of carbonyl (C=O) groups excluding carboxylic acids is 3. The number of hydrogen-bond donors (Lipinski definition) is 2. The van der Waals surface area contributed by atoms with Gasteiger partial charge >= 0.3 is 12.0 Å². The molecule has 1 unspecified atom stereocenters. The third-order valence-corrected chi connectivity index (χ3v) is 1.72. The predicted molar refractivity (Wildman–Crippen MR) is 41.7 cm³/mol. The van der Waals surface area contributed by atoms with Crippen molar-refractivity contribution >= 4 is 17.9 Å². The Bertz CT molecular complexity index is 251. The summed E-state index contributed by atoms with van der Waals surface area (Å²) in [6.07, 6.45) is 0.388. The molecule has 0 aromatic carbocycles. The summed E-state index contributed by atoms with van der Waals surface area (Å²) in [6.45, 7) is 0. The third kappa shape index (κ3) is 2.43. The first-order valence-corrected chi connectivity index (χ1v) is 3.81. The van der Waals surface area contributed by atoms with Crippen LogP contribution in [-0.2, 0) is 14.3 Å². The van der Waals surface area contributed by atoms with Crippen LogP contribution in [0.15, 0.2) is 0 Å². The molecule has 0 saturated carbocycles. The maximum Gasteiger partial charge on any atom is 0.322 e. The number of amides is 3. The van der Waals surface area contributed by atoms with E-state index >= 15 is 0 Å². The van der Waals surface area contributed by atoms with Crippen molar-refractivity contribution < 1.29 is 19.1 Å². The topological polar surface area (TPSA) is 84.5 Å². The lowest BCUT2D eigenvalue weighted by Gasteiger charge is -2.04. The molecule has 1 aliphatic heterocycles. The van der Waals surface area contributed by atoms with E-state index in [9.17, 15) is 14.4 Å². The van der Waals surface area contributed by atoms with Crippen molar-refractivity contribution in [2.45, 2.75) is 18.9 Å². The van der Waals surface area contributed by atoms with Crippen molar-refractivity contribution in [3.8, 4) is 0 Å². The van der Waals surface area contributed by atoms with Crippen LogP contribution in [0.3, 0.4) is 0 Å². The summed E-state index contributed by atoms with van der Waals surface area (Å²) < 4.78 is 4.39. The maximum absolute atomic E-state index is 10.9. The first-order chi connectivity index (χ1) is 6.13. The number of imide groups is 1.